The number of nitro benzene ring substituents is 2. The van der Waals surface area contributed by atoms with Crippen molar-refractivity contribution in [3.8, 4) is 23.0 Å². The fraction of sp³-hybridized carbons (Fsp3) is 0.368. The fourth-order valence-corrected chi connectivity index (χ4v) is 4.59. The van der Waals surface area contributed by atoms with Crippen molar-refractivity contribution in [1.29, 1.82) is 0 Å². The first-order valence-electron chi connectivity index (χ1n) is 9.78. The lowest BCUT2D eigenvalue weighted by Crippen LogP contribution is -2.80. The van der Waals surface area contributed by atoms with Gasteiger partial charge in [-0.15, -0.1) is 0 Å². The van der Waals surface area contributed by atoms with Gasteiger partial charge in [-0.2, -0.15) is 0 Å². The Morgan fingerprint density at radius 2 is 1.31 bits per heavy atom. The Balaban J connectivity index is 1.52. The van der Waals surface area contributed by atoms with Gasteiger partial charge in [-0.25, -0.2) is 4.90 Å². The Hall–Kier alpha value is -3.68. The number of rotatable bonds is 6. The highest BCUT2D eigenvalue weighted by atomic mass is 16.7. The molecule has 13 nitrogen and oxygen atoms in total. The summed E-state index contributed by atoms with van der Waals surface area (Å²) in [4.78, 5) is 27.0. The van der Waals surface area contributed by atoms with Crippen LogP contribution in [-0.2, 0) is 0 Å². The maximum absolute atomic E-state index is 11.0. The van der Waals surface area contributed by atoms with E-state index in [2.05, 4.69) is 9.80 Å². The number of hydrogen-bond donors (Lipinski definition) is 2. The molecule has 4 fully saturated rings. The largest absolute Gasteiger partial charge is 0.502 e. The minimum Gasteiger partial charge on any atom is -0.502 e. The van der Waals surface area contributed by atoms with Crippen LogP contribution in [0.2, 0.25) is 0 Å². The average molecular weight is 445 g/mol. The van der Waals surface area contributed by atoms with Crippen LogP contribution in [0.5, 0.6) is 23.0 Å². The molecule has 0 amide bonds. The normalized spacial score (nSPS) is 27.1. The molecule has 0 aliphatic carbocycles. The molecule has 4 aliphatic rings. The van der Waals surface area contributed by atoms with E-state index in [0.29, 0.717) is 26.4 Å². The minimum atomic E-state index is -1.35. The van der Waals surface area contributed by atoms with Crippen molar-refractivity contribution in [2.45, 2.75) is 5.91 Å². The van der Waals surface area contributed by atoms with Crippen LogP contribution in [0.3, 0.4) is 0 Å². The summed E-state index contributed by atoms with van der Waals surface area (Å²) in [5.41, 5.74) is -0.898. The third kappa shape index (κ3) is 3.23. The second kappa shape index (κ2) is 7.19. The fourth-order valence-electron chi connectivity index (χ4n) is 4.59. The Kier molecular flexibility index (Phi) is 4.54. The smallest absolute Gasteiger partial charge is 0.323 e. The molecule has 6 rings (SSSR count). The van der Waals surface area contributed by atoms with E-state index in [1.807, 2.05) is 4.90 Å². The van der Waals surface area contributed by atoms with Gasteiger partial charge in [0.05, 0.1) is 35.8 Å². The van der Waals surface area contributed by atoms with E-state index in [4.69, 9.17) is 9.47 Å². The van der Waals surface area contributed by atoms with Gasteiger partial charge in [0.1, 0.15) is 11.5 Å². The zero-order valence-electron chi connectivity index (χ0n) is 16.7. The summed E-state index contributed by atoms with van der Waals surface area (Å²) in [5.74, 6) is -2.27. The van der Waals surface area contributed by atoms with Gasteiger partial charge in [0, 0.05) is 37.4 Å². The molecule has 2 unspecified atom stereocenters. The third-order valence-electron chi connectivity index (χ3n) is 5.87. The summed E-state index contributed by atoms with van der Waals surface area (Å²) >= 11 is 0. The van der Waals surface area contributed by atoms with E-state index in [-0.39, 0.29) is 17.4 Å². The average Bonchev–Trinajstić information content (AvgIpc) is 2.71. The number of hydrogen-bond acceptors (Lipinski definition) is 11. The van der Waals surface area contributed by atoms with Gasteiger partial charge in [-0.3, -0.25) is 30.0 Å². The molecule has 2 aromatic rings. The van der Waals surface area contributed by atoms with Crippen LogP contribution in [0.25, 0.3) is 0 Å². The van der Waals surface area contributed by atoms with Gasteiger partial charge >= 0.3 is 17.3 Å². The molecule has 4 saturated heterocycles. The van der Waals surface area contributed by atoms with Gasteiger partial charge in [0.25, 0.3) is 0 Å². The highest BCUT2D eigenvalue weighted by Gasteiger charge is 2.60. The monoisotopic (exact) mass is 445 g/mol. The number of ether oxygens (including phenoxy) is 2. The third-order valence-corrected chi connectivity index (χ3v) is 5.87. The molecule has 0 aromatic heterocycles. The van der Waals surface area contributed by atoms with Gasteiger partial charge in [-0.05, 0) is 12.1 Å². The summed E-state index contributed by atoms with van der Waals surface area (Å²) < 4.78 is 12.5. The SMILES string of the molecule is O=[N+]([O-])c1ccc(OC2(Oc3ccc([N+](=O)[O-])c(O)c3)C3CN4CN(C3)CN2C4)cc1O. The van der Waals surface area contributed by atoms with Gasteiger partial charge in [-0.1, -0.05) is 0 Å². The molecule has 4 aliphatic heterocycles. The predicted molar refractivity (Wildman–Crippen MR) is 107 cm³/mol. The number of aromatic hydroxyl groups is 2. The van der Waals surface area contributed by atoms with Crippen molar-refractivity contribution < 1.29 is 29.5 Å². The highest BCUT2D eigenvalue weighted by molar-refractivity contribution is 5.50. The van der Waals surface area contributed by atoms with Crippen molar-refractivity contribution in [2.24, 2.45) is 5.92 Å². The predicted octanol–water partition coefficient (Wildman–Crippen LogP) is 1.46. The molecule has 2 aromatic carbocycles. The summed E-state index contributed by atoms with van der Waals surface area (Å²) in [6.45, 7) is 3.20. The second-order valence-corrected chi connectivity index (χ2v) is 8.02. The van der Waals surface area contributed by atoms with Crippen molar-refractivity contribution in [2.75, 3.05) is 33.1 Å². The maximum atomic E-state index is 11.0. The van der Waals surface area contributed by atoms with E-state index in [1.54, 1.807) is 0 Å². The number of phenolic OH excluding ortho intramolecular Hbond substituents is 2. The molecule has 4 bridgehead atoms. The van der Waals surface area contributed by atoms with Crippen LogP contribution in [-0.4, -0.2) is 73.8 Å². The topological polar surface area (TPSA) is 155 Å². The quantitative estimate of drug-likeness (QED) is 0.377. The molecular weight excluding hydrogens is 426 g/mol. The van der Waals surface area contributed by atoms with Gasteiger partial charge in [0.15, 0.2) is 11.5 Å². The second-order valence-electron chi connectivity index (χ2n) is 8.02. The Morgan fingerprint density at radius 3 is 1.69 bits per heavy atom. The molecule has 32 heavy (non-hydrogen) atoms. The molecule has 4 heterocycles. The maximum Gasteiger partial charge on any atom is 0.323 e. The highest BCUT2D eigenvalue weighted by Crippen LogP contribution is 2.44. The zero-order chi connectivity index (χ0) is 22.6. The van der Waals surface area contributed by atoms with E-state index in [0.717, 1.165) is 30.9 Å². The van der Waals surface area contributed by atoms with Crippen LogP contribution in [0.1, 0.15) is 0 Å². The Labute approximate surface area is 180 Å². The van der Waals surface area contributed by atoms with Crippen LogP contribution in [0.15, 0.2) is 36.4 Å². The standard InChI is InChI=1S/C19H19N5O8/c25-17-5-13(1-3-15(17)23(27)28)31-19(12-7-20-9-21(8-12)11-22(19)10-20)32-14-2-4-16(24(29)30)18(26)6-14/h1-6,12,25-26H,7-11H2. The number of phenols is 2. The Bertz CT molecular complexity index is 1010. The summed E-state index contributed by atoms with van der Waals surface area (Å²) in [6.07, 6.45) is 0. The van der Waals surface area contributed by atoms with E-state index in [1.165, 1.54) is 12.1 Å². The van der Waals surface area contributed by atoms with Crippen LogP contribution in [0.4, 0.5) is 11.4 Å². The summed E-state index contributed by atoms with van der Waals surface area (Å²) in [5, 5.41) is 42.1. The van der Waals surface area contributed by atoms with E-state index >= 15 is 0 Å². The molecule has 2 atom stereocenters. The van der Waals surface area contributed by atoms with Crippen molar-refractivity contribution in [1.82, 2.24) is 14.7 Å². The number of benzene rings is 2. The Morgan fingerprint density at radius 1 is 0.844 bits per heavy atom. The first kappa shape index (κ1) is 20.2. The minimum absolute atomic E-state index is 0.164. The number of nitrogens with zero attached hydrogens (tertiary/aromatic N) is 5. The lowest BCUT2D eigenvalue weighted by atomic mass is 9.94. The lowest BCUT2D eigenvalue weighted by molar-refractivity contribution is -0.386. The van der Waals surface area contributed by atoms with Crippen molar-refractivity contribution in [3.05, 3.63) is 56.6 Å². The lowest BCUT2D eigenvalue weighted by Gasteiger charge is -2.62. The molecule has 168 valence electrons. The van der Waals surface area contributed by atoms with Gasteiger partial charge in [0.2, 0.25) is 0 Å². The van der Waals surface area contributed by atoms with Crippen molar-refractivity contribution in [3.63, 3.8) is 0 Å². The van der Waals surface area contributed by atoms with Crippen LogP contribution in [0, 0.1) is 26.1 Å². The molecule has 0 radical (unpaired) electrons. The van der Waals surface area contributed by atoms with E-state index < -0.39 is 38.6 Å². The van der Waals surface area contributed by atoms with Crippen molar-refractivity contribution >= 4 is 11.4 Å². The molecule has 2 N–H and O–H groups in total. The molecule has 0 spiro atoms. The van der Waals surface area contributed by atoms with Crippen LogP contribution < -0.4 is 9.47 Å². The van der Waals surface area contributed by atoms with Gasteiger partial charge < -0.3 is 19.7 Å². The molecular formula is C19H19N5O8. The number of nitro groups is 2. The first-order valence-corrected chi connectivity index (χ1v) is 9.78. The van der Waals surface area contributed by atoms with Crippen LogP contribution >= 0.6 is 0 Å². The molecule has 13 heteroatoms. The summed E-state index contributed by atoms with van der Waals surface area (Å²) in [6, 6.07) is 7.36. The first-order chi connectivity index (χ1) is 15.2. The molecule has 0 saturated carbocycles. The zero-order valence-corrected chi connectivity index (χ0v) is 16.7. The van der Waals surface area contributed by atoms with E-state index in [9.17, 15) is 30.4 Å². The summed E-state index contributed by atoms with van der Waals surface area (Å²) in [7, 11) is 0.